The van der Waals surface area contributed by atoms with Crippen molar-refractivity contribution in [3.05, 3.63) is 96.0 Å². The van der Waals surface area contributed by atoms with E-state index in [1.165, 1.54) is 16.7 Å². The summed E-state index contributed by atoms with van der Waals surface area (Å²) in [5, 5.41) is 12.4. The van der Waals surface area contributed by atoms with Crippen molar-refractivity contribution in [1.29, 1.82) is 5.26 Å². The van der Waals surface area contributed by atoms with Crippen LogP contribution in [0, 0.1) is 28.7 Å². The number of hydrogen-bond acceptors (Lipinski definition) is 3. The molecule has 0 heterocycles. The Balaban J connectivity index is 1.92. The van der Waals surface area contributed by atoms with Crippen LogP contribution in [0.4, 0.5) is 5.69 Å². The summed E-state index contributed by atoms with van der Waals surface area (Å²) in [6, 6.07) is 19.6. The van der Waals surface area contributed by atoms with E-state index in [1.54, 1.807) is 18.2 Å². The summed E-state index contributed by atoms with van der Waals surface area (Å²) in [6.07, 6.45) is 2.34. The number of rotatable bonds is 7. The second kappa shape index (κ2) is 11.5. The van der Waals surface area contributed by atoms with Gasteiger partial charge >= 0.3 is 0 Å². The molecule has 0 spiro atoms. The quantitative estimate of drug-likeness (QED) is 0.174. The SMILES string of the molecule is CCOc1cc(/C=C(\C#N)C(=O)Nc2ccc(Br)cc2)cc(I)c1Cc1cc(C)cc(C)c1. The normalized spacial score (nSPS) is 11.1. The van der Waals surface area contributed by atoms with E-state index < -0.39 is 5.91 Å². The molecule has 3 aromatic carbocycles. The number of carbonyl (C=O) groups excluding carboxylic acids is 1. The van der Waals surface area contributed by atoms with Crippen molar-refractivity contribution >= 4 is 56.2 Å². The van der Waals surface area contributed by atoms with Crippen LogP contribution in [0.5, 0.6) is 5.75 Å². The molecule has 0 radical (unpaired) electrons. The number of halogens is 2. The van der Waals surface area contributed by atoms with E-state index in [0.29, 0.717) is 12.3 Å². The lowest BCUT2D eigenvalue weighted by molar-refractivity contribution is -0.112. The van der Waals surface area contributed by atoms with Crippen LogP contribution in [0.15, 0.2) is 64.6 Å². The molecule has 168 valence electrons. The Morgan fingerprint density at radius 1 is 1.12 bits per heavy atom. The molecule has 0 atom stereocenters. The van der Waals surface area contributed by atoms with Crippen molar-refractivity contribution in [3.8, 4) is 11.8 Å². The van der Waals surface area contributed by atoms with E-state index in [9.17, 15) is 10.1 Å². The zero-order valence-corrected chi connectivity index (χ0v) is 22.5. The van der Waals surface area contributed by atoms with E-state index in [2.05, 4.69) is 75.9 Å². The molecule has 0 bridgehead atoms. The topological polar surface area (TPSA) is 62.1 Å². The van der Waals surface area contributed by atoms with Crippen LogP contribution in [0.2, 0.25) is 0 Å². The summed E-state index contributed by atoms with van der Waals surface area (Å²) in [5.41, 5.74) is 6.17. The highest BCUT2D eigenvalue weighted by Gasteiger charge is 2.14. The fourth-order valence-corrected chi connectivity index (χ4v) is 4.67. The van der Waals surface area contributed by atoms with E-state index in [-0.39, 0.29) is 5.57 Å². The molecule has 4 nitrogen and oxygen atoms in total. The average molecular weight is 615 g/mol. The third-order valence-corrected chi connectivity index (χ3v) is 6.41. The molecule has 3 rings (SSSR count). The Morgan fingerprint density at radius 2 is 1.79 bits per heavy atom. The second-order valence-corrected chi connectivity index (χ2v) is 9.79. The van der Waals surface area contributed by atoms with Gasteiger partial charge in [-0.15, -0.1) is 0 Å². The van der Waals surface area contributed by atoms with Gasteiger partial charge in [-0.05, 0) is 97.0 Å². The monoisotopic (exact) mass is 614 g/mol. The molecule has 33 heavy (non-hydrogen) atoms. The Labute approximate surface area is 216 Å². The lowest BCUT2D eigenvalue weighted by atomic mass is 9.98. The van der Waals surface area contributed by atoms with Gasteiger partial charge in [0, 0.05) is 25.7 Å². The number of ether oxygens (including phenoxy) is 1. The van der Waals surface area contributed by atoms with Gasteiger partial charge in [0.05, 0.1) is 6.61 Å². The molecule has 3 aromatic rings. The number of anilines is 1. The number of nitrogens with one attached hydrogen (secondary N) is 1. The first-order chi connectivity index (χ1) is 15.8. The number of carbonyl (C=O) groups is 1. The standard InChI is InChI=1S/C27H24BrIN2O2/c1-4-33-26-15-20(12-21(16-30)27(32)31-23-7-5-22(28)6-8-23)14-25(29)24(26)13-19-10-17(2)9-18(3)11-19/h5-12,14-15H,4,13H2,1-3H3,(H,31,32)/b21-12+. The van der Waals surface area contributed by atoms with E-state index in [1.807, 2.05) is 37.3 Å². The van der Waals surface area contributed by atoms with Crippen molar-refractivity contribution in [3.63, 3.8) is 0 Å². The van der Waals surface area contributed by atoms with Crippen LogP contribution in [0.1, 0.15) is 34.7 Å². The molecule has 1 N–H and O–H groups in total. The molecule has 0 unspecified atom stereocenters. The fourth-order valence-electron chi connectivity index (χ4n) is 3.59. The van der Waals surface area contributed by atoms with Crippen molar-refractivity contribution in [2.24, 2.45) is 0 Å². The molecule has 0 fully saturated rings. The number of aryl methyl sites for hydroxylation is 2. The Hall–Kier alpha value is -2.63. The first kappa shape index (κ1) is 25.0. The highest BCUT2D eigenvalue weighted by Crippen LogP contribution is 2.30. The molecule has 0 aromatic heterocycles. The van der Waals surface area contributed by atoms with Gasteiger partial charge in [0.25, 0.3) is 5.91 Å². The van der Waals surface area contributed by atoms with Gasteiger partial charge < -0.3 is 10.1 Å². The van der Waals surface area contributed by atoms with Gasteiger partial charge in [-0.3, -0.25) is 4.79 Å². The van der Waals surface area contributed by atoms with Gasteiger partial charge in [0.2, 0.25) is 0 Å². The number of nitriles is 1. The van der Waals surface area contributed by atoms with Crippen LogP contribution in [-0.4, -0.2) is 12.5 Å². The highest BCUT2D eigenvalue weighted by molar-refractivity contribution is 14.1. The highest BCUT2D eigenvalue weighted by atomic mass is 127. The minimum Gasteiger partial charge on any atom is -0.494 e. The van der Waals surface area contributed by atoms with Gasteiger partial charge in [-0.25, -0.2) is 0 Å². The van der Waals surface area contributed by atoms with Crippen LogP contribution in [-0.2, 0) is 11.2 Å². The summed E-state index contributed by atoms with van der Waals surface area (Å²) in [6.45, 7) is 6.67. The molecular formula is C27H24BrIN2O2. The van der Waals surface area contributed by atoms with E-state index >= 15 is 0 Å². The first-order valence-corrected chi connectivity index (χ1v) is 12.4. The lowest BCUT2D eigenvalue weighted by Crippen LogP contribution is -2.13. The number of benzene rings is 3. The van der Waals surface area contributed by atoms with Gasteiger partial charge in [-0.1, -0.05) is 45.3 Å². The van der Waals surface area contributed by atoms with Crippen LogP contribution in [0.3, 0.4) is 0 Å². The Morgan fingerprint density at radius 3 is 2.39 bits per heavy atom. The molecule has 0 aliphatic heterocycles. The predicted molar refractivity (Wildman–Crippen MR) is 145 cm³/mol. The van der Waals surface area contributed by atoms with Crippen LogP contribution < -0.4 is 10.1 Å². The predicted octanol–water partition coefficient (Wildman–Crippen LogP) is 7.21. The largest absolute Gasteiger partial charge is 0.494 e. The summed E-state index contributed by atoms with van der Waals surface area (Å²) in [7, 11) is 0. The van der Waals surface area contributed by atoms with Gasteiger partial charge in [0.1, 0.15) is 17.4 Å². The molecule has 0 aliphatic carbocycles. The summed E-state index contributed by atoms with van der Waals surface area (Å²) >= 11 is 5.67. The lowest BCUT2D eigenvalue weighted by Gasteiger charge is -2.15. The second-order valence-electron chi connectivity index (χ2n) is 7.72. The molecule has 1 amide bonds. The van der Waals surface area contributed by atoms with Crippen LogP contribution >= 0.6 is 38.5 Å². The maximum atomic E-state index is 12.7. The number of hydrogen-bond donors (Lipinski definition) is 1. The number of amides is 1. The zero-order valence-electron chi connectivity index (χ0n) is 18.7. The van der Waals surface area contributed by atoms with Gasteiger partial charge in [-0.2, -0.15) is 5.26 Å². The third kappa shape index (κ3) is 6.92. The van der Waals surface area contributed by atoms with E-state index in [4.69, 9.17) is 4.74 Å². The number of nitrogens with zero attached hydrogens (tertiary/aromatic N) is 1. The molecule has 6 heteroatoms. The van der Waals surface area contributed by atoms with Crippen molar-refractivity contribution in [2.45, 2.75) is 27.2 Å². The minimum atomic E-state index is -0.452. The van der Waals surface area contributed by atoms with Gasteiger partial charge in [0.15, 0.2) is 0 Å². The fraction of sp³-hybridized carbons (Fsp3) is 0.185. The first-order valence-electron chi connectivity index (χ1n) is 10.5. The van der Waals surface area contributed by atoms with E-state index in [0.717, 1.165) is 31.3 Å². The van der Waals surface area contributed by atoms with Crippen LogP contribution in [0.25, 0.3) is 6.08 Å². The van der Waals surface area contributed by atoms with Crippen molar-refractivity contribution in [1.82, 2.24) is 0 Å². The molecule has 0 saturated carbocycles. The third-order valence-electron chi connectivity index (χ3n) is 4.92. The summed E-state index contributed by atoms with van der Waals surface area (Å²) in [4.78, 5) is 12.7. The molecular weight excluding hydrogens is 591 g/mol. The van der Waals surface area contributed by atoms with Crippen molar-refractivity contribution in [2.75, 3.05) is 11.9 Å². The smallest absolute Gasteiger partial charge is 0.266 e. The zero-order chi connectivity index (χ0) is 24.0. The summed E-state index contributed by atoms with van der Waals surface area (Å²) < 4.78 is 7.89. The summed E-state index contributed by atoms with van der Waals surface area (Å²) in [5.74, 6) is 0.313. The Bertz CT molecular complexity index is 1220. The van der Waals surface area contributed by atoms with Crippen molar-refractivity contribution < 1.29 is 9.53 Å². The average Bonchev–Trinajstić information content (AvgIpc) is 2.75. The maximum absolute atomic E-state index is 12.7. The molecule has 0 aliphatic rings. The Kier molecular flexibility index (Phi) is 8.70. The minimum absolute atomic E-state index is 0.0261. The molecule has 0 saturated heterocycles. The maximum Gasteiger partial charge on any atom is 0.266 e.